The highest BCUT2D eigenvalue weighted by Crippen LogP contribution is 2.18. The maximum Gasteiger partial charge on any atom is 0.123 e. The van der Waals surface area contributed by atoms with Crippen LogP contribution in [0, 0.1) is 12.2 Å². The molecule has 1 aromatic carbocycles. The van der Waals surface area contributed by atoms with Gasteiger partial charge in [-0.15, -0.1) is 0 Å². The Kier molecular flexibility index (Phi) is 3.02. The highest BCUT2D eigenvalue weighted by atomic mass is 79.9. The van der Waals surface area contributed by atoms with Gasteiger partial charge in [0.05, 0.1) is 6.61 Å². The average molecular weight is 218 g/mol. The zero-order valence-corrected chi connectivity index (χ0v) is 7.31. The lowest BCUT2D eigenvalue weighted by Crippen LogP contribution is -1.89. The minimum absolute atomic E-state index is 0.0813. The van der Waals surface area contributed by atoms with Crippen molar-refractivity contribution in [1.82, 2.24) is 0 Å². The fraction of sp³-hybridized carbons (Fsp3) is 0.125. The Bertz CT molecular complexity index is 250. The Morgan fingerprint density at radius 3 is 2.91 bits per heavy atom. The molecule has 1 rings (SSSR count). The molecule has 11 heavy (non-hydrogen) atoms. The Morgan fingerprint density at radius 2 is 2.27 bits per heavy atom. The van der Waals surface area contributed by atoms with E-state index < -0.39 is 0 Å². The molecule has 1 nitrogen and oxygen atoms in total. The number of hydrogen-bond donors (Lipinski definition) is 1. The molecule has 0 unspecified atom stereocenters. The number of benzene rings is 1. The van der Waals surface area contributed by atoms with Gasteiger partial charge in [0.2, 0.25) is 0 Å². The Hall–Kier alpha value is -0.410. The first-order valence-corrected chi connectivity index (χ1v) is 3.92. The van der Waals surface area contributed by atoms with Crippen LogP contribution < -0.4 is 0 Å². The first-order valence-electron chi connectivity index (χ1n) is 3.13. The molecule has 0 heterocycles. The number of hydrogen-bond acceptors (Lipinski definition) is 1. The summed E-state index contributed by atoms with van der Waals surface area (Å²) < 4.78 is 13.3. The summed E-state index contributed by atoms with van der Waals surface area (Å²) in [7, 11) is 0. The molecule has 1 aromatic rings. The van der Waals surface area contributed by atoms with Crippen molar-refractivity contribution in [1.29, 1.82) is 0 Å². The lowest BCUT2D eigenvalue weighted by Gasteiger charge is -2.00. The molecular formula is C8H7BrFO. The molecule has 0 aliphatic rings. The first kappa shape index (κ1) is 8.68. The second-order valence-electron chi connectivity index (χ2n) is 2.05. The smallest absolute Gasteiger partial charge is 0.123 e. The van der Waals surface area contributed by atoms with Crippen molar-refractivity contribution in [2.75, 3.05) is 6.61 Å². The highest BCUT2D eigenvalue weighted by molar-refractivity contribution is 9.10. The Labute approximate surface area is 73.0 Å². The van der Waals surface area contributed by atoms with Crippen molar-refractivity contribution in [3.63, 3.8) is 0 Å². The van der Waals surface area contributed by atoms with Crippen molar-refractivity contribution in [2.24, 2.45) is 0 Å². The van der Waals surface area contributed by atoms with Crippen LogP contribution in [-0.2, 0) is 0 Å². The van der Waals surface area contributed by atoms with Crippen molar-refractivity contribution in [2.45, 2.75) is 0 Å². The summed E-state index contributed by atoms with van der Waals surface area (Å²) in [5, 5.41) is 8.54. The molecule has 0 amide bonds. The molecule has 0 aliphatic heterocycles. The van der Waals surface area contributed by atoms with E-state index in [0.717, 1.165) is 4.47 Å². The van der Waals surface area contributed by atoms with Crippen LogP contribution in [0.5, 0.6) is 0 Å². The van der Waals surface area contributed by atoms with E-state index >= 15 is 0 Å². The van der Waals surface area contributed by atoms with E-state index in [2.05, 4.69) is 15.9 Å². The van der Waals surface area contributed by atoms with Gasteiger partial charge in [0.25, 0.3) is 0 Å². The highest BCUT2D eigenvalue weighted by Gasteiger charge is 2.00. The maximum atomic E-state index is 12.5. The van der Waals surface area contributed by atoms with E-state index in [4.69, 9.17) is 5.11 Å². The summed E-state index contributed by atoms with van der Waals surface area (Å²) >= 11 is 3.22. The van der Waals surface area contributed by atoms with Crippen LogP contribution in [0.4, 0.5) is 4.39 Å². The van der Waals surface area contributed by atoms with Gasteiger partial charge in [0.1, 0.15) is 5.82 Å². The maximum absolute atomic E-state index is 12.5. The monoisotopic (exact) mass is 217 g/mol. The van der Waals surface area contributed by atoms with E-state index in [-0.39, 0.29) is 12.4 Å². The number of aliphatic hydroxyl groups excluding tert-OH is 1. The molecule has 0 spiro atoms. The summed E-state index contributed by atoms with van der Waals surface area (Å²) in [6, 6.07) is 4.33. The molecule has 0 saturated carbocycles. The second-order valence-corrected chi connectivity index (χ2v) is 2.91. The summed E-state index contributed by atoms with van der Waals surface area (Å²) in [4.78, 5) is 0. The first-order chi connectivity index (χ1) is 5.24. The average Bonchev–Trinajstić information content (AvgIpc) is 1.98. The standard InChI is InChI=1S/C8H7BrFO/c9-8-2-1-7(10)5-6(8)3-4-11/h1-3,5,11H,4H2. The number of rotatable bonds is 2. The molecule has 59 valence electrons. The van der Waals surface area contributed by atoms with Crippen LogP contribution in [0.3, 0.4) is 0 Å². The fourth-order valence-electron chi connectivity index (χ4n) is 0.769. The van der Waals surface area contributed by atoms with E-state index in [1.165, 1.54) is 18.6 Å². The summed E-state index contributed by atoms with van der Waals surface area (Å²) in [6.45, 7) is -0.0813. The van der Waals surface area contributed by atoms with Gasteiger partial charge in [-0.1, -0.05) is 15.9 Å². The molecular weight excluding hydrogens is 211 g/mol. The van der Waals surface area contributed by atoms with Crippen LogP contribution in [0.1, 0.15) is 5.56 Å². The van der Waals surface area contributed by atoms with Gasteiger partial charge in [0.15, 0.2) is 0 Å². The normalized spacial score (nSPS) is 10.1. The minimum Gasteiger partial charge on any atom is -0.396 e. The topological polar surface area (TPSA) is 20.2 Å². The van der Waals surface area contributed by atoms with Crippen molar-refractivity contribution in [3.8, 4) is 0 Å². The zero-order valence-electron chi connectivity index (χ0n) is 5.72. The fourth-order valence-corrected chi connectivity index (χ4v) is 1.18. The molecule has 0 atom stereocenters. The molecule has 0 saturated heterocycles. The quantitative estimate of drug-likeness (QED) is 0.806. The minimum atomic E-state index is -0.298. The summed E-state index contributed by atoms with van der Waals surface area (Å²) in [6.07, 6.45) is 1.53. The molecule has 1 N–H and O–H groups in total. The van der Waals surface area contributed by atoms with Crippen molar-refractivity contribution >= 4 is 15.9 Å². The van der Waals surface area contributed by atoms with E-state index in [1.807, 2.05) is 0 Å². The van der Waals surface area contributed by atoms with Crippen LogP contribution in [0.2, 0.25) is 0 Å². The van der Waals surface area contributed by atoms with Gasteiger partial charge < -0.3 is 5.11 Å². The molecule has 1 radical (unpaired) electrons. The Morgan fingerprint density at radius 1 is 1.55 bits per heavy atom. The molecule has 3 heteroatoms. The van der Waals surface area contributed by atoms with E-state index in [0.29, 0.717) is 5.56 Å². The van der Waals surface area contributed by atoms with E-state index in [1.54, 1.807) is 6.07 Å². The third kappa shape index (κ3) is 2.27. The zero-order chi connectivity index (χ0) is 8.27. The van der Waals surface area contributed by atoms with Crippen LogP contribution in [0.15, 0.2) is 22.7 Å². The SMILES string of the molecule is OC[CH]c1cc(F)ccc1Br. The summed E-state index contributed by atoms with van der Waals surface area (Å²) in [5.41, 5.74) is 0.674. The largest absolute Gasteiger partial charge is 0.396 e. The third-order valence-electron chi connectivity index (χ3n) is 1.27. The lowest BCUT2D eigenvalue weighted by atomic mass is 10.2. The van der Waals surface area contributed by atoms with Crippen molar-refractivity contribution in [3.05, 3.63) is 40.5 Å². The van der Waals surface area contributed by atoms with Gasteiger partial charge >= 0.3 is 0 Å². The Balaban J connectivity index is 2.93. The van der Waals surface area contributed by atoms with Gasteiger partial charge in [-0.3, -0.25) is 0 Å². The van der Waals surface area contributed by atoms with Crippen LogP contribution in [0.25, 0.3) is 0 Å². The van der Waals surface area contributed by atoms with E-state index in [9.17, 15) is 4.39 Å². The van der Waals surface area contributed by atoms with Gasteiger partial charge in [-0.2, -0.15) is 0 Å². The number of aliphatic hydroxyl groups is 1. The second kappa shape index (κ2) is 3.83. The molecule has 0 bridgehead atoms. The lowest BCUT2D eigenvalue weighted by molar-refractivity contribution is 0.331. The molecule has 0 aliphatic carbocycles. The van der Waals surface area contributed by atoms with Crippen LogP contribution >= 0.6 is 15.9 Å². The predicted octanol–water partition coefficient (Wildman–Crippen LogP) is 2.13. The van der Waals surface area contributed by atoms with Gasteiger partial charge in [0, 0.05) is 10.9 Å². The van der Waals surface area contributed by atoms with Gasteiger partial charge in [-0.25, -0.2) is 4.39 Å². The predicted molar refractivity (Wildman–Crippen MR) is 44.6 cm³/mol. The van der Waals surface area contributed by atoms with Gasteiger partial charge in [-0.05, 0) is 23.8 Å². The molecule has 0 aromatic heterocycles. The summed E-state index contributed by atoms with van der Waals surface area (Å²) in [5.74, 6) is -0.298. The number of halogens is 2. The molecule has 0 fully saturated rings. The van der Waals surface area contributed by atoms with Crippen LogP contribution in [-0.4, -0.2) is 11.7 Å². The third-order valence-corrected chi connectivity index (χ3v) is 1.99. The van der Waals surface area contributed by atoms with Crippen molar-refractivity contribution < 1.29 is 9.50 Å².